The summed E-state index contributed by atoms with van der Waals surface area (Å²) in [5.74, 6) is -0.270. The molecular formula is C15H12BrNO3. The lowest BCUT2D eigenvalue weighted by molar-refractivity contribution is -0.131. The van der Waals surface area contributed by atoms with E-state index in [-0.39, 0.29) is 0 Å². The third-order valence-electron chi connectivity index (χ3n) is 2.52. The van der Waals surface area contributed by atoms with Gasteiger partial charge in [0.15, 0.2) is 0 Å². The van der Waals surface area contributed by atoms with Crippen molar-refractivity contribution in [1.29, 1.82) is 0 Å². The Labute approximate surface area is 124 Å². The van der Waals surface area contributed by atoms with E-state index >= 15 is 0 Å². The lowest BCUT2D eigenvalue weighted by Gasteiger charge is -2.08. The van der Waals surface area contributed by atoms with Crippen LogP contribution in [0.2, 0.25) is 0 Å². The Kier molecular flexibility index (Phi) is 4.90. The first-order valence-corrected chi connectivity index (χ1v) is 6.67. The number of carboxylic acid groups (broad SMARTS) is 1. The summed E-state index contributed by atoms with van der Waals surface area (Å²) in [5, 5.41) is 8.58. The zero-order valence-corrected chi connectivity index (χ0v) is 12.1. The molecule has 0 unspecified atom stereocenters. The number of rotatable bonds is 5. The Morgan fingerprint density at radius 3 is 2.70 bits per heavy atom. The first-order chi connectivity index (χ1) is 9.65. The van der Waals surface area contributed by atoms with Crippen molar-refractivity contribution in [3.8, 4) is 5.75 Å². The van der Waals surface area contributed by atoms with E-state index in [1.165, 1.54) is 6.08 Å². The normalized spacial score (nSPS) is 10.7. The average Bonchev–Trinajstić information content (AvgIpc) is 2.45. The fraction of sp³-hybridized carbons (Fsp3) is 0.0667. The Balaban J connectivity index is 2.04. The molecule has 0 bridgehead atoms. The number of benzene rings is 1. The second-order valence-electron chi connectivity index (χ2n) is 4.01. The molecule has 0 saturated heterocycles. The molecule has 4 nitrogen and oxygen atoms in total. The highest BCUT2D eigenvalue weighted by molar-refractivity contribution is 9.10. The largest absolute Gasteiger partial charge is 0.488 e. The molecule has 0 spiro atoms. The van der Waals surface area contributed by atoms with E-state index < -0.39 is 5.97 Å². The molecule has 0 saturated carbocycles. The van der Waals surface area contributed by atoms with Gasteiger partial charge in [-0.25, -0.2) is 4.79 Å². The highest BCUT2D eigenvalue weighted by Gasteiger charge is 2.02. The average molecular weight is 334 g/mol. The molecule has 1 aromatic carbocycles. The van der Waals surface area contributed by atoms with E-state index in [4.69, 9.17) is 9.84 Å². The second-order valence-corrected chi connectivity index (χ2v) is 4.86. The summed E-state index contributed by atoms with van der Waals surface area (Å²) >= 11 is 3.41. The Morgan fingerprint density at radius 1 is 1.30 bits per heavy atom. The zero-order chi connectivity index (χ0) is 14.4. The smallest absolute Gasteiger partial charge is 0.328 e. The van der Waals surface area contributed by atoms with Crippen LogP contribution in [0, 0.1) is 0 Å². The molecule has 0 aliphatic heterocycles. The summed E-state index contributed by atoms with van der Waals surface area (Å²) in [4.78, 5) is 14.4. The van der Waals surface area contributed by atoms with Gasteiger partial charge in [-0.1, -0.05) is 6.07 Å². The number of hydrogen-bond acceptors (Lipinski definition) is 3. The summed E-state index contributed by atoms with van der Waals surface area (Å²) in [6.45, 7) is 0.450. The number of nitrogens with zero attached hydrogens (tertiary/aromatic N) is 1. The van der Waals surface area contributed by atoms with Crippen molar-refractivity contribution < 1.29 is 14.6 Å². The predicted molar refractivity (Wildman–Crippen MR) is 79.4 cm³/mol. The first-order valence-electron chi connectivity index (χ1n) is 5.87. The maximum Gasteiger partial charge on any atom is 0.328 e. The molecule has 0 aliphatic carbocycles. The number of aliphatic carboxylic acids is 1. The molecule has 1 aromatic heterocycles. The summed E-state index contributed by atoms with van der Waals surface area (Å²) in [6.07, 6.45) is 6.06. The summed E-state index contributed by atoms with van der Waals surface area (Å²) < 4.78 is 6.47. The minimum atomic E-state index is -0.973. The molecule has 102 valence electrons. The molecule has 2 rings (SSSR count). The fourth-order valence-electron chi connectivity index (χ4n) is 1.55. The molecular weight excluding hydrogens is 322 g/mol. The van der Waals surface area contributed by atoms with Crippen LogP contribution in [0.5, 0.6) is 5.75 Å². The molecule has 0 fully saturated rings. The standard InChI is InChI=1S/C15H12BrNO3/c16-13-9-11(2-4-15(18)19)1-3-14(13)20-10-12-5-7-17-8-6-12/h1-9H,10H2,(H,18,19). The van der Waals surface area contributed by atoms with Gasteiger partial charge in [0, 0.05) is 18.5 Å². The summed E-state index contributed by atoms with van der Waals surface area (Å²) in [5.41, 5.74) is 1.82. The number of halogens is 1. The van der Waals surface area contributed by atoms with Crippen LogP contribution in [0.3, 0.4) is 0 Å². The number of aromatic nitrogens is 1. The number of hydrogen-bond donors (Lipinski definition) is 1. The Hall–Kier alpha value is -2.14. The summed E-state index contributed by atoms with van der Waals surface area (Å²) in [6, 6.07) is 9.18. The number of carboxylic acids is 1. The van der Waals surface area contributed by atoms with Gasteiger partial charge < -0.3 is 9.84 Å². The predicted octanol–water partition coefficient (Wildman–Crippen LogP) is 3.52. The molecule has 0 atom stereocenters. The van der Waals surface area contributed by atoms with E-state index in [9.17, 15) is 4.79 Å². The van der Waals surface area contributed by atoms with E-state index in [1.54, 1.807) is 30.6 Å². The number of pyridine rings is 1. The van der Waals surface area contributed by atoms with E-state index in [1.807, 2.05) is 12.1 Å². The van der Waals surface area contributed by atoms with Crippen LogP contribution >= 0.6 is 15.9 Å². The third-order valence-corrected chi connectivity index (χ3v) is 3.14. The van der Waals surface area contributed by atoms with Gasteiger partial charge in [-0.3, -0.25) is 4.98 Å². The van der Waals surface area contributed by atoms with Gasteiger partial charge in [0.25, 0.3) is 0 Å². The SMILES string of the molecule is O=C(O)C=Cc1ccc(OCc2ccncc2)c(Br)c1. The number of carbonyl (C=O) groups is 1. The highest BCUT2D eigenvalue weighted by Crippen LogP contribution is 2.27. The Morgan fingerprint density at radius 2 is 2.05 bits per heavy atom. The topological polar surface area (TPSA) is 59.4 Å². The minimum Gasteiger partial charge on any atom is -0.488 e. The van der Waals surface area contributed by atoms with Crippen molar-refractivity contribution in [2.24, 2.45) is 0 Å². The monoisotopic (exact) mass is 333 g/mol. The van der Waals surface area contributed by atoms with Crippen LogP contribution in [0.15, 0.2) is 53.3 Å². The van der Waals surface area contributed by atoms with Crippen molar-refractivity contribution in [2.75, 3.05) is 0 Å². The van der Waals surface area contributed by atoms with E-state index in [0.717, 1.165) is 21.7 Å². The van der Waals surface area contributed by atoms with Crippen LogP contribution in [0.25, 0.3) is 6.08 Å². The van der Waals surface area contributed by atoms with Gasteiger partial charge in [0.1, 0.15) is 12.4 Å². The first kappa shape index (κ1) is 14.3. The van der Waals surface area contributed by atoms with Gasteiger partial charge in [-0.15, -0.1) is 0 Å². The maximum atomic E-state index is 10.5. The van der Waals surface area contributed by atoms with Crippen molar-refractivity contribution >= 4 is 28.0 Å². The van der Waals surface area contributed by atoms with Crippen molar-refractivity contribution in [3.05, 3.63) is 64.4 Å². The third kappa shape index (κ3) is 4.20. The molecule has 5 heteroatoms. The lowest BCUT2D eigenvalue weighted by Crippen LogP contribution is -1.96. The van der Waals surface area contributed by atoms with Crippen molar-refractivity contribution in [2.45, 2.75) is 6.61 Å². The van der Waals surface area contributed by atoms with Crippen LogP contribution in [0.4, 0.5) is 0 Å². The molecule has 0 aliphatic rings. The van der Waals surface area contributed by atoms with Gasteiger partial charge in [0.2, 0.25) is 0 Å². The second kappa shape index (κ2) is 6.86. The van der Waals surface area contributed by atoms with Crippen LogP contribution in [-0.2, 0) is 11.4 Å². The van der Waals surface area contributed by atoms with Crippen LogP contribution in [-0.4, -0.2) is 16.1 Å². The summed E-state index contributed by atoms with van der Waals surface area (Å²) in [7, 11) is 0. The molecule has 1 heterocycles. The van der Waals surface area contributed by atoms with E-state index in [0.29, 0.717) is 12.4 Å². The molecule has 0 radical (unpaired) electrons. The zero-order valence-electron chi connectivity index (χ0n) is 10.5. The van der Waals surface area contributed by atoms with E-state index in [2.05, 4.69) is 20.9 Å². The quantitative estimate of drug-likeness (QED) is 0.850. The van der Waals surface area contributed by atoms with Gasteiger partial charge in [0.05, 0.1) is 4.47 Å². The molecule has 2 aromatic rings. The minimum absolute atomic E-state index is 0.450. The maximum absolute atomic E-state index is 10.5. The van der Waals surface area contributed by atoms with Gasteiger partial charge in [-0.05, 0) is 57.4 Å². The molecule has 1 N–H and O–H groups in total. The fourth-order valence-corrected chi connectivity index (χ4v) is 2.06. The van der Waals surface area contributed by atoms with Gasteiger partial charge >= 0.3 is 5.97 Å². The molecule has 0 amide bonds. The van der Waals surface area contributed by atoms with Crippen molar-refractivity contribution in [3.63, 3.8) is 0 Å². The van der Waals surface area contributed by atoms with Gasteiger partial charge in [-0.2, -0.15) is 0 Å². The van der Waals surface area contributed by atoms with Crippen LogP contribution < -0.4 is 4.74 Å². The molecule has 20 heavy (non-hydrogen) atoms. The Bertz CT molecular complexity index is 626. The number of ether oxygens (including phenoxy) is 1. The van der Waals surface area contributed by atoms with Crippen molar-refractivity contribution in [1.82, 2.24) is 4.98 Å². The lowest BCUT2D eigenvalue weighted by atomic mass is 10.2. The highest BCUT2D eigenvalue weighted by atomic mass is 79.9. The van der Waals surface area contributed by atoms with Crippen LogP contribution in [0.1, 0.15) is 11.1 Å².